The number of carboxylic acids is 2. The predicted octanol–water partition coefficient (Wildman–Crippen LogP) is 2.26. The Balaban J connectivity index is 5.11. The zero-order valence-electron chi connectivity index (χ0n) is 17.1. The van der Waals surface area contributed by atoms with Crippen molar-refractivity contribution in [1.82, 2.24) is 10.2 Å². The van der Waals surface area contributed by atoms with Gasteiger partial charge in [0.05, 0.1) is 6.42 Å². The maximum absolute atomic E-state index is 12.8. The highest BCUT2D eigenvalue weighted by molar-refractivity contribution is 5.94. The lowest BCUT2D eigenvalue weighted by Crippen LogP contribution is -2.61. The van der Waals surface area contributed by atoms with Crippen LogP contribution in [0.2, 0.25) is 0 Å². The molecule has 8 heteroatoms. The van der Waals surface area contributed by atoms with E-state index in [9.17, 15) is 24.3 Å². The van der Waals surface area contributed by atoms with Crippen LogP contribution in [0.5, 0.6) is 0 Å². The Kier molecular flexibility index (Phi) is 10.7. The molecule has 0 fully saturated rings. The monoisotopic (exact) mass is 386 g/mol. The summed E-state index contributed by atoms with van der Waals surface area (Å²) in [6, 6.07) is -1.30. The molecule has 2 amide bonds. The quantitative estimate of drug-likeness (QED) is 0.417. The van der Waals surface area contributed by atoms with Gasteiger partial charge < -0.3 is 20.4 Å². The molecule has 27 heavy (non-hydrogen) atoms. The van der Waals surface area contributed by atoms with Gasteiger partial charge in [-0.25, -0.2) is 4.79 Å². The molecule has 8 nitrogen and oxygen atoms in total. The van der Waals surface area contributed by atoms with Gasteiger partial charge in [0, 0.05) is 13.5 Å². The summed E-state index contributed by atoms with van der Waals surface area (Å²) in [5, 5.41) is 21.1. The van der Waals surface area contributed by atoms with Gasteiger partial charge in [0.1, 0.15) is 11.6 Å². The lowest BCUT2D eigenvalue weighted by atomic mass is 9.86. The number of hydrogen-bond acceptors (Lipinski definition) is 4. The van der Waals surface area contributed by atoms with Crippen molar-refractivity contribution >= 4 is 23.8 Å². The minimum atomic E-state index is -1.52. The number of unbranched alkanes of at least 4 members (excludes halogenated alkanes) is 4. The van der Waals surface area contributed by atoms with Gasteiger partial charge in [0.2, 0.25) is 11.8 Å². The first kappa shape index (κ1) is 24.9. The second-order valence-electron chi connectivity index (χ2n) is 7.39. The number of hydrogen-bond donors (Lipinski definition) is 3. The van der Waals surface area contributed by atoms with Crippen molar-refractivity contribution < 1.29 is 29.4 Å². The van der Waals surface area contributed by atoms with E-state index in [1.165, 1.54) is 14.0 Å². The molecule has 0 radical (unpaired) electrons. The number of carbonyl (C=O) groups excluding carboxylic acids is 2. The predicted molar refractivity (Wildman–Crippen MR) is 101 cm³/mol. The molecule has 0 aliphatic heterocycles. The Morgan fingerprint density at radius 3 is 2.04 bits per heavy atom. The van der Waals surface area contributed by atoms with Crippen LogP contribution in [0.4, 0.5) is 0 Å². The lowest BCUT2D eigenvalue weighted by molar-refractivity contribution is -0.161. The van der Waals surface area contributed by atoms with Gasteiger partial charge >= 0.3 is 11.9 Å². The van der Waals surface area contributed by atoms with Gasteiger partial charge in [-0.2, -0.15) is 0 Å². The average Bonchev–Trinajstić information content (AvgIpc) is 2.58. The van der Waals surface area contributed by atoms with Crippen molar-refractivity contribution in [3.63, 3.8) is 0 Å². The second kappa shape index (κ2) is 11.6. The van der Waals surface area contributed by atoms with Crippen LogP contribution in [-0.2, 0) is 19.2 Å². The van der Waals surface area contributed by atoms with Gasteiger partial charge in [0.25, 0.3) is 0 Å². The van der Waals surface area contributed by atoms with Crippen LogP contribution >= 0.6 is 0 Å². The molecule has 0 heterocycles. The molecule has 0 unspecified atom stereocenters. The molecule has 0 saturated heterocycles. The van der Waals surface area contributed by atoms with Gasteiger partial charge in [-0.05, 0) is 19.3 Å². The molecule has 156 valence electrons. The van der Waals surface area contributed by atoms with E-state index >= 15 is 0 Å². The maximum Gasteiger partial charge on any atom is 0.329 e. The lowest BCUT2D eigenvalue weighted by Gasteiger charge is -2.40. The van der Waals surface area contributed by atoms with Crippen LogP contribution in [0.25, 0.3) is 0 Å². The molecule has 0 rings (SSSR count). The fraction of sp³-hybridized carbons (Fsp3) is 0.789. The molecule has 3 N–H and O–H groups in total. The van der Waals surface area contributed by atoms with E-state index in [0.717, 1.165) is 30.6 Å². The molecular weight excluding hydrogens is 352 g/mol. The number of amides is 2. The molecule has 0 aliphatic carbocycles. The molecular formula is C19H34N2O6. The van der Waals surface area contributed by atoms with Crippen molar-refractivity contribution in [2.24, 2.45) is 5.92 Å². The molecule has 0 spiro atoms. The summed E-state index contributed by atoms with van der Waals surface area (Å²) in [4.78, 5) is 48.7. The Labute approximate surface area is 161 Å². The van der Waals surface area contributed by atoms with Crippen molar-refractivity contribution in [1.29, 1.82) is 0 Å². The van der Waals surface area contributed by atoms with E-state index in [2.05, 4.69) is 12.2 Å². The summed E-state index contributed by atoms with van der Waals surface area (Å²) in [5.41, 5.74) is -1.52. The van der Waals surface area contributed by atoms with E-state index in [1.54, 1.807) is 13.8 Å². The molecule has 0 bridgehead atoms. The van der Waals surface area contributed by atoms with E-state index in [1.807, 2.05) is 0 Å². The normalized spacial score (nSPS) is 14.3. The van der Waals surface area contributed by atoms with Gasteiger partial charge in [-0.1, -0.05) is 46.5 Å². The fourth-order valence-corrected chi connectivity index (χ4v) is 2.77. The number of carboxylic acid groups (broad SMARTS) is 2. The average molecular weight is 386 g/mol. The van der Waals surface area contributed by atoms with Gasteiger partial charge in [0.15, 0.2) is 0 Å². The number of nitrogens with one attached hydrogen (secondary N) is 1. The molecule has 0 aromatic rings. The molecule has 2 atom stereocenters. The smallest absolute Gasteiger partial charge is 0.329 e. The number of nitrogens with zero attached hydrogens (tertiary/aromatic N) is 1. The highest BCUT2D eigenvalue weighted by atomic mass is 16.4. The first-order valence-electron chi connectivity index (χ1n) is 9.50. The van der Waals surface area contributed by atoms with Gasteiger partial charge in [-0.3, -0.25) is 14.4 Å². The Morgan fingerprint density at radius 2 is 1.59 bits per heavy atom. The fourth-order valence-electron chi connectivity index (χ4n) is 2.77. The van der Waals surface area contributed by atoms with Crippen molar-refractivity contribution in [3.8, 4) is 0 Å². The zero-order chi connectivity index (χ0) is 21.2. The third-order valence-electron chi connectivity index (χ3n) is 5.10. The van der Waals surface area contributed by atoms with Gasteiger partial charge in [-0.15, -0.1) is 0 Å². The Hall–Kier alpha value is -2.12. The standard InChI is InChI=1S/C19H34N2O6/c1-6-7-8-9-10-11-15(22)20-14(12-16(23)24)17(25)21(5)19(4,13(2)3)18(26)27/h13-14H,6-12H2,1-5H3,(H,20,22)(H,23,24)(H,26,27)/t14-,19-/m0/s1. The largest absolute Gasteiger partial charge is 0.481 e. The van der Waals surface area contributed by atoms with Crippen LogP contribution < -0.4 is 5.32 Å². The maximum atomic E-state index is 12.8. The highest BCUT2D eigenvalue weighted by Gasteiger charge is 2.45. The minimum absolute atomic E-state index is 0.206. The number of rotatable bonds is 13. The summed E-state index contributed by atoms with van der Waals surface area (Å²) in [6.07, 6.45) is 4.37. The SMILES string of the molecule is CCCCCCCC(=O)N[C@@H](CC(=O)O)C(=O)N(C)[C@](C)(C(=O)O)C(C)C. The van der Waals surface area contributed by atoms with E-state index in [4.69, 9.17) is 5.11 Å². The topological polar surface area (TPSA) is 124 Å². The zero-order valence-corrected chi connectivity index (χ0v) is 17.1. The highest BCUT2D eigenvalue weighted by Crippen LogP contribution is 2.25. The molecule has 0 saturated carbocycles. The van der Waals surface area contributed by atoms with Crippen LogP contribution in [0.3, 0.4) is 0 Å². The summed E-state index contributed by atoms with van der Waals surface area (Å²) in [6.45, 7) is 6.83. The summed E-state index contributed by atoms with van der Waals surface area (Å²) in [7, 11) is 1.32. The van der Waals surface area contributed by atoms with Crippen molar-refractivity contribution in [2.75, 3.05) is 7.05 Å². The first-order chi connectivity index (χ1) is 12.5. The van der Waals surface area contributed by atoms with Crippen molar-refractivity contribution in [2.45, 2.75) is 84.2 Å². The summed E-state index contributed by atoms with van der Waals surface area (Å²) < 4.78 is 0. The number of likely N-dealkylation sites (N-methyl/N-ethyl adjacent to an activating group) is 1. The number of carbonyl (C=O) groups is 4. The van der Waals surface area contributed by atoms with Crippen molar-refractivity contribution in [3.05, 3.63) is 0 Å². The van der Waals surface area contributed by atoms with Crippen LogP contribution in [0, 0.1) is 5.92 Å². The first-order valence-corrected chi connectivity index (χ1v) is 9.50. The third kappa shape index (κ3) is 7.56. The number of aliphatic carboxylic acids is 2. The van der Waals surface area contributed by atoms with Crippen LogP contribution in [0.1, 0.15) is 72.6 Å². The van der Waals surface area contributed by atoms with E-state index in [0.29, 0.717) is 6.42 Å². The Morgan fingerprint density at radius 1 is 1.04 bits per heavy atom. The third-order valence-corrected chi connectivity index (χ3v) is 5.10. The van der Waals surface area contributed by atoms with E-state index in [-0.39, 0.29) is 6.42 Å². The molecule has 0 aromatic carbocycles. The molecule has 0 aromatic heterocycles. The van der Waals surface area contributed by atoms with Crippen LogP contribution in [-0.4, -0.2) is 57.5 Å². The molecule has 0 aliphatic rings. The van der Waals surface area contributed by atoms with E-state index < -0.39 is 47.7 Å². The second-order valence-corrected chi connectivity index (χ2v) is 7.39. The minimum Gasteiger partial charge on any atom is -0.481 e. The van der Waals surface area contributed by atoms with Crippen LogP contribution in [0.15, 0.2) is 0 Å². The summed E-state index contributed by atoms with van der Waals surface area (Å²) in [5.74, 6) is -3.98. The Bertz CT molecular complexity index is 534. The summed E-state index contributed by atoms with van der Waals surface area (Å²) >= 11 is 0.